The molecule has 0 bridgehead atoms. The lowest BCUT2D eigenvalue weighted by Gasteiger charge is -2.24. The lowest BCUT2D eigenvalue weighted by Crippen LogP contribution is -2.38. The maximum Gasteiger partial charge on any atom is 0.165 e. The second-order valence-electron chi connectivity index (χ2n) is 4.96. The van der Waals surface area contributed by atoms with Crippen molar-refractivity contribution in [2.24, 2.45) is 5.73 Å². The van der Waals surface area contributed by atoms with Crippen molar-refractivity contribution in [3.8, 4) is 0 Å². The van der Waals surface area contributed by atoms with E-state index in [0.29, 0.717) is 12.8 Å². The van der Waals surface area contributed by atoms with Gasteiger partial charge in [-0.3, -0.25) is 0 Å². The summed E-state index contributed by atoms with van der Waals surface area (Å²) in [4.78, 5) is 0. The van der Waals surface area contributed by atoms with Gasteiger partial charge >= 0.3 is 0 Å². The Bertz CT molecular complexity index is 462. The van der Waals surface area contributed by atoms with Gasteiger partial charge < -0.3 is 5.73 Å². The van der Waals surface area contributed by atoms with E-state index in [9.17, 15) is 13.2 Å². The van der Waals surface area contributed by atoms with Gasteiger partial charge in [-0.2, -0.15) is 0 Å². The zero-order valence-corrected chi connectivity index (χ0v) is 8.69. The SMILES string of the molecule is NC1(C2(c3c(F)ccc(F)c3F)CC2)CC1. The first-order valence-electron chi connectivity index (χ1n) is 5.43. The van der Waals surface area contributed by atoms with Crippen LogP contribution in [0.5, 0.6) is 0 Å². The predicted molar refractivity (Wildman–Crippen MR) is 53.4 cm³/mol. The van der Waals surface area contributed by atoms with Crippen LogP contribution in [0.1, 0.15) is 31.2 Å². The van der Waals surface area contributed by atoms with E-state index in [-0.39, 0.29) is 5.56 Å². The Kier molecular flexibility index (Phi) is 1.78. The Labute approximate surface area is 91.4 Å². The molecule has 0 aliphatic heterocycles. The molecule has 0 amide bonds. The van der Waals surface area contributed by atoms with Crippen molar-refractivity contribution in [3.05, 3.63) is 35.1 Å². The Morgan fingerprint density at radius 1 is 0.938 bits per heavy atom. The quantitative estimate of drug-likeness (QED) is 0.772. The number of hydrogen-bond donors (Lipinski definition) is 1. The second-order valence-corrected chi connectivity index (χ2v) is 4.96. The highest BCUT2D eigenvalue weighted by Crippen LogP contribution is 2.64. The molecule has 1 aromatic rings. The molecule has 2 aliphatic carbocycles. The van der Waals surface area contributed by atoms with Crippen LogP contribution >= 0.6 is 0 Å². The Hall–Kier alpha value is -1.03. The third-order valence-electron chi connectivity index (χ3n) is 4.01. The van der Waals surface area contributed by atoms with Crippen molar-refractivity contribution in [2.45, 2.75) is 36.6 Å². The van der Waals surface area contributed by atoms with Crippen LogP contribution in [0.15, 0.2) is 12.1 Å². The second kappa shape index (κ2) is 2.80. The fourth-order valence-electron chi connectivity index (χ4n) is 2.70. The van der Waals surface area contributed by atoms with E-state index in [1.54, 1.807) is 0 Å². The predicted octanol–water partition coefficient (Wildman–Crippen LogP) is 2.63. The van der Waals surface area contributed by atoms with E-state index >= 15 is 0 Å². The van der Waals surface area contributed by atoms with E-state index in [1.165, 1.54) is 0 Å². The zero-order chi connectivity index (χ0) is 11.6. The molecule has 0 heterocycles. The molecule has 0 saturated heterocycles. The molecule has 2 saturated carbocycles. The van der Waals surface area contributed by atoms with Crippen molar-refractivity contribution in [1.29, 1.82) is 0 Å². The molecule has 1 aromatic carbocycles. The molecule has 2 aliphatic rings. The molecule has 2 N–H and O–H groups in total. The van der Waals surface area contributed by atoms with Crippen LogP contribution in [-0.4, -0.2) is 5.54 Å². The summed E-state index contributed by atoms with van der Waals surface area (Å²) in [5, 5.41) is 0. The van der Waals surface area contributed by atoms with Crippen molar-refractivity contribution >= 4 is 0 Å². The molecule has 2 fully saturated rings. The van der Waals surface area contributed by atoms with Gasteiger partial charge in [0.05, 0.1) is 0 Å². The van der Waals surface area contributed by atoms with Crippen LogP contribution in [0.4, 0.5) is 13.2 Å². The third kappa shape index (κ3) is 1.11. The number of benzene rings is 1. The topological polar surface area (TPSA) is 26.0 Å². The van der Waals surface area contributed by atoms with Gasteiger partial charge in [0.1, 0.15) is 5.82 Å². The van der Waals surface area contributed by atoms with Crippen LogP contribution in [0.25, 0.3) is 0 Å². The van der Waals surface area contributed by atoms with Gasteiger partial charge in [-0.1, -0.05) is 0 Å². The normalized spacial score (nSPS) is 24.2. The maximum absolute atomic E-state index is 13.7. The molecule has 0 radical (unpaired) electrons. The molecule has 1 nitrogen and oxygen atoms in total. The van der Waals surface area contributed by atoms with Gasteiger partial charge in [-0.25, -0.2) is 13.2 Å². The van der Waals surface area contributed by atoms with Crippen LogP contribution in [0.2, 0.25) is 0 Å². The first-order valence-corrected chi connectivity index (χ1v) is 5.43. The number of hydrogen-bond acceptors (Lipinski definition) is 1. The average Bonchev–Trinajstić information content (AvgIpc) is 3.10. The van der Waals surface area contributed by atoms with Gasteiger partial charge in [0, 0.05) is 16.5 Å². The molecule has 0 spiro atoms. The van der Waals surface area contributed by atoms with E-state index in [2.05, 4.69) is 0 Å². The van der Waals surface area contributed by atoms with Crippen LogP contribution < -0.4 is 5.73 Å². The summed E-state index contributed by atoms with van der Waals surface area (Å²) in [6.07, 6.45) is 2.84. The Morgan fingerprint density at radius 3 is 2.00 bits per heavy atom. The van der Waals surface area contributed by atoms with Gasteiger partial charge in [-0.15, -0.1) is 0 Å². The smallest absolute Gasteiger partial charge is 0.165 e. The van der Waals surface area contributed by atoms with Crippen molar-refractivity contribution in [1.82, 2.24) is 0 Å². The molecule has 86 valence electrons. The largest absolute Gasteiger partial charge is 0.324 e. The highest BCUT2D eigenvalue weighted by Gasteiger charge is 2.66. The van der Waals surface area contributed by atoms with Crippen LogP contribution in [-0.2, 0) is 5.41 Å². The summed E-state index contributed by atoms with van der Waals surface area (Å²) >= 11 is 0. The molecular weight excluding hydrogens is 215 g/mol. The van der Waals surface area contributed by atoms with Gasteiger partial charge in [-0.05, 0) is 37.8 Å². The Balaban J connectivity index is 2.17. The van der Waals surface area contributed by atoms with Crippen LogP contribution in [0, 0.1) is 17.5 Å². The lowest BCUT2D eigenvalue weighted by atomic mass is 9.85. The molecule has 3 rings (SSSR count). The molecular formula is C12H12F3N. The van der Waals surface area contributed by atoms with Crippen molar-refractivity contribution in [3.63, 3.8) is 0 Å². The highest BCUT2D eigenvalue weighted by molar-refractivity contribution is 5.42. The minimum absolute atomic E-state index is 0.132. The number of rotatable bonds is 2. The van der Waals surface area contributed by atoms with E-state index < -0.39 is 28.4 Å². The standard InChI is InChI=1S/C12H12F3N/c13-7-1-2-8(14)10(15)9(7)11(3-4-11)12(16)5-6-12/h1-2H,3-6,16H2. The first kappa shape index (κ1) is 10.1. The van der Waals surface area contributed by atoms with E-state index in [0.717, 1.165) is 25.0 Å². The number of halogens is 3. The van der Waals surface area contributed by atoms with E-state index in [1.807, 2.05) is 0 Å². The van der Waals surface area contributed by atoms with Crippen LogP contribution in [0.3, 0.4) is 0 Å². The summed E-state index contributed by atoms with van der Waals surface area (Å²) in [6, 6.07) is 1.81. The zero-order valence-electron chi connectivity index (χ0n) is 8.69. The summed E-state index contributed by atoms with van der Waals surface area (Å²) in [5.41, 5.74) is 4.76. The summed E-state index contributed by atoms with van der Waals surface area (Å²) in [7, 11) is 0. The maximum atomic E-state index is 13.7. The minimum atomic E-state index is -1.06. The number of nitrogens with two attached hydrogens (primary N) is 1. The van der Waals surface area contributed by atoms with Gasteiger partial charge in [0.2, 0.25) is 0 Å². The van der Waals surface area contributed by atoms with Gasteiger partial charge in [0.15, 0.2) is 11.6 Å². The average molecular weight is 227 g/mol. The van der Waals surface area contributed by atoms with Gasteiger partial charge in [0.25, 0.3) is 0 Å². The fourth-order valence-corrected chi connectivity index (χ4v) is 2.70. The monoisotopic (exact) mass is 227 g/mol. The summed E-state index contributed by atoms with van der Waals surface area (Å²) in [6.45, 7) is 0. The fraction of sp³-hybridized carbons (Fsp3) is 0.500. The molecule has 0 unspecified atom stereocenters. The first-order chi connectivity index (χ1) is 7.50. The summed E-state index contributed by atoms with van der Waals surface area (Å²) in [5.74, 6) is -2.73. The lowest BCUT2D eigenvalue weighted by molar-refractivity contribution is 0.418. The molecule has 0 aromatic heterocycles. The molecule has 0 atom stereocenters. The third-order valence-corrected chi connectivity index (χ3v) is 4.01. The minimum Gasteiger partial charge on any atom is -0.324 e. The molecule has 16 heavy (non-hydrogen) atoms. The molecule has 4 heteroatoms. The summed E-state index contributed by atoms with van der Waals surface area (Å²) < 4.78 is 40.5. The Morgan fingerprint density at radius 2 is 1.50 bits per heavy atom. The van der Waals surface area contributed by atoms with E-state index in [4.69, 9.17) is 5.73 Å². The highest BCUT2D eigenvalue weighted by atomic mass is 19.2. The van der Waals surface area contributed by atoms with Crippen molar-refractivity contribution < 1.29 is 13.2 Å². The van der Waals surface area contributed by atoms with Crippen molar-refractivity contribution in [2.75, 3.05) is 0 Å².